The summed E-state index contributed by atoms with van der Waals surface area (Å²) < 4.78 is 14.7. The van der Waals surface area contributed by atoms with Gasteiger partial charge < -0.3 is 13.6 Å². The Morgan fingerprint density at radius 3 is 1.50 bits per heavy atom. The number of thiophene rings is 1. The number of hydrogen-bond acceptors (Lipinski definition) is 2. The first kappa shape index (κ1) is 31.8. The molecule has 0 fully saturated rings. The van der Waals surface area contributed by atoms with Gasteiger partial charge in [-0.3, -0.25) is 0 Å². The van der Waals surface area contributed by atoms with Crippen molar-refractivity contribution in [1.29, 1.82) is 0 Å². The average Bonchev–Trinajstić information content (AvgIpc) is 4.04. The van der Waals surface area contributed by atoms with Crippen molar-refractivity contribution in [2.45, 2.75) is 0 Å². The summed E-state index contributed by atoms with van der Waals surface area (Å²) in [7, 11) is 0. The van der Waals surface area contributed by atoms with Crippen LogP contribution in [0.1, 0.15) is 0 Å². The van der Waals surface area contributed by atoms with E-state index in [-0.39, 0.29) is 0 Å². The SMILES string of the molecule is c1ccc(-c2cc(-c3ccccc3)cc(-n3c4ccccc4c4c5oc6c(ccc7c6c6ccccc6n7-c6cccc7c6sc6ccccc67)c5ccc43)c2)cc1. The van der Waals surface area contributed by atoms with E-state index in [0.29, 0.717) is 0 Å². The van der Waals surface area contributed by atoms with Gasteiger partial charge in [0.15, 0.2) is 0 Å². The lowest BCUT2D eigenvalue weighted by Crippen LogP contribution is -1.96. The van der Waals surface area contributed by atoms with Gasteiger partial charge >= 0.3 is 0 Å². The first-order chi connectivity index (χ1) is 28.8. The summed E-state index contributed by atoms with van der Waals surface area (Å²) in [6, 6.07) is 70.5. The number of aromatic nitrogens is 2. The van der Waals surface area contributed by atoms with E-state index in [0.717, 1.165) is 54.9 Å². The van der Waals surface area contributed by atoms with Crippen LogP contribution in [0, 0.1) is 0 Å². The predicted molar refractivity (Wildman–Crippen MR) is 246 cm³/mol. The number of benzene rings is 9. The molecule has 0 amide bonds. The Hall–Kier alpha value is -7.40. The molecule has 4 heterocycles. The van der Waals surface area contributed by atoms with Crippen LogP contribution < -0.4 is 0 Å². The van der Waals surface area contributed by atoms with Crippen LogP contribution in [0.4, 0.5) is 0 Å². The molecule has 0 radical (unpaired) electrons. The fourth-order valence-corrected chi connectivity index (χ4v) is 10.8. The van der Waals surface area contributed by atoms with Crippen LogP contribution >= 0.6 is 11.3 Å². The molecule has 270 valence electrons. The normalized spacial score (nSPS) is 12.1. The second-order valence-electron chi connectivity index (χ2n) is 15.2. The topological polar surface area (TPSA) is 23.0 Å². The molecule has 0 aliphatic carbocycles. The highest BCUT2D eigenvalue weighted by Crippen LogP contribution is 2.46. The van der Waals surface area contributed by atoms with E-state index in [2.05, 4.69) is 203 Å². The van der Waals surface area contributed by atoms with Crippen LogP contribution in [0.25, 0.3) is 119 Å². The highest BCUT2D eigenvalue weighted by atomic mass is 32.1. The van der Waals surface area contributed by atoms with Crippen LogP contribution in [-0.4, -0.2) is 9.13 Å². The number of furan rings is 1. The zero-order valence-electron chi connectivity index (χ0n) is 31.2. The minimum absolute atomic E-state index is 0.917. The van der Waals surface area contributed by atoms with Gasteiger partial charge in [0, 0.05) is 42.7 Å². The summed E-state index contributed by atoms with van der Waals surface area (Å²) in [5, 5.41) is 9.47. The molecule has 4 heteroatoms. The van der Waals surface area contributed by atoms with Gasteiger partial charge in [0.1, 0.15) is 11.2 Å². The van der Waals surface area contributed by atoms with E-state index in [4.69, 9.17) is 4.42 Å². The lowest BCUT2D eigenvalue weighted by atomic mass is 9.98. The third kappa shape index (κ3) is 4.43. The summed E-state index contributed by atoms with van der Waals surface area (Å²) in [6.07, 6.45) is 0. The van der Waals surface area contributed by atoms with Gasteiger partial charge in [-0.15, -0.1) is 11.3 Å². The van der Waals surface area contributed by atoms with Gasteiger partial charge in [-0.25, -0.2) is 0 Å². The Morgan fingerprint density at radius 2 is 0.862 bits per heavy atom. The van der Waals surface area contributed by atoms with Gasteiger partial charge in [-0.1, -0.05) is 127 Å². The molecule has 0 spiro atoms. The molecular weight excluding hydrogens is 725 g/mol. The molecule has 0 atom stereocenters. The van der Waals surface area contributed by atoms with Crippen LogP contribution in [0.15, 0.2) is 199 Å². The van der Waals surface area contributed by atoms with Crippen molar-refractivity contribution in [2.24, 2.45) is 0 Å². The molecule has 0 unspecified atom stereocenters. The molecule has 0 aliphatic heterocycles. The first-order valence-corrected chi connectivity index (χ1v) is 20.6. The Morgan fingerprint density at radius 1 is 0.345 bits per heavy atom. The van der Waals surface area contributed by atoms with E-state index < -0.39 is 0 Å². The molecule has 13 rings (SSSR count). The number of fused-ring (bicyclic) bond motifs is 14. The van der Waals surface area contributed by atoms with E-state index in [1.54, 1.807) is 0 Å². The van der Waals surface area contributed by atoms with Crippen LogP contribution in [-0.2, 0) is 0 Å². The molecule has 4 aromatic heterocycles. The second-order valence-corrected chi connectivity index (χ2v) is 16.3. The Labute approximate surface area is 336 Å². The zero-order chi connectivity index (χ0) is 37.9. The van der Waals surface area contributed by atoms with Crippen molar-refractivity contribution in [1.82, 2.24) is 9.13 Å². The highest BCUT2D eigenvalue weighted by molar-refractivity contribution is 7.26. The molecule has 0 saturated heterocycles. The molecule has 9 aromatic carbocycles. The van der Waals surface area contributed by atoms with Gasteiger partial charge in [0.05, 0.1) is 43.2 Å². The molecule has 0 bridgehead atoms. The van der Waals surface area contributed by atoms with Crippen LogP contribution in [0.2, 0.25) is 0 Å². The summed E-state index contributed by atoms with van der Waals surface area (Å²) >= 11 is 1.87. The maximum absolute atomic E-state index is 7.29. The standard InChI is InChI=1S/C54H32N2OS/c1-3-14-33(15-4-1)35-30-36(34-16-5-2-6-17-34)32-37(31-35)55-44-22-10-7-19-42(44)50-46(55)28-26-39-40-27-29-47-51(53(40)57-52(39)50)43-20-8-11-23-45(43)56(47)48-24-13-21-41-38-18-9-12-25-49(38)58-54(41)48/h1-32H. The van der Waals surface area contributed by atoms with E-state index in [1.165, 1.54) is 64.4 Å². The fourth-order valence-electron chi connectivity index (χ4n) is 9.58. The first-order valence-electron chi connectivity index (χ1n) is 19.8. The maximum atomic E-state index is 7.29. The summed E-state index contributed by atoms with van der Waals surface area (Å²) in [4.78, 5) is 0. The molecule has 0 aliphatic rings. The molecule has 3 nitrogen and oxygen atoms in total. The Bertz CT molecular complexity index is 3730. The Balaban J connectivity index is 1.10. The highest BCUT2D eigenvalue weighted by Gasteiger charge is 2.23. The largest absolute Gasteiger partial charge is 0.455 e. The number of nitrogens with zero attached hydrogens (tertiary/aromatic N) is 2. The zero-order valence-corrected chi connectivity index (χ0v) is 32.0. The van der Waals surface area contributed by atoms with Gasteiger partial charge in [0.25, 0.3) is 0 Å². The van der Waals surface area contributed by atoms with Crippen LogP contribution in [0.5, 0.6) is 0 Å². The van der Waals surface area contributed by atoms with Crippen molar-refractivity contribution in [2.75, 3.05) is 0 Å². The van der Waals surface area contributed by atoms with E-state index in [1.807, 2.05) is 11.3 Å². The third-order valence-electron chi connectivity index (χ3n) is 12.1. The molecular formula is C54H32N2OS. The number of rotatable bonds is 4. The smallest absolute Gasteiger partial charge is 0.145 e. The monoisotopic (exact) mass is 756 g/mol. The molecule has 0 saturated carbocycles. The van der Waals surface area contributed by atoms with E-state index in [9.17, 15) is 0 Å². The maximum Gasteiger partial charge on any atom is 0.145 e. The van der Waals surface area contributed by atoms with Gasteiger partial charge in [-0.05, 0) is 89.0 Å². The quantitative estimate of drug-likeness (QED) is 0.175. The lowest BCUT2D eigenvalue weighted by Gasteiger charge is -2.14. The van der Waals surface area contributed by atoms with Crippen molar-refractivity contribution in [3.63, 3.8) is 0 Å². The van der Waals surface area contributed by atoms with Crippen molar-refractivity contribution >= 4 is 97.1 Å². The summed E-state index contributed by atoms with van der Waals surface area (Å²) in [5.41, 5.74) is 13.5. The lowest BCUT2D eigenvalue weighted by molar-refractivity contribution is 0.677. The summed E-state index contributed by atoms with van der Waals surface area (Å²) in [6.45, 7) is 0. The fraction of sp³-hybridized carbons (Fsp3) is 0. The number of hydrogen-bond donors (Lipinski definition) is 0. The van der Waals surface area contributed by atoms with Crippen molar-refractivity contribution < 1.29 is 4.42 Å². The molecule has 13 aromatic rings. The minimum Gasteiger partial charge on any atom is -0.455 e. The van der Waals surface area contributed by atoms with Gasteiger partial charge in [-0.2, -0.15) is 0 Å². The summed E-state index contributed by atoms with van der Waals surface area (Å²) in [5.74, 6) is 0. The minimum atomic E-state index is 0.917. The predicted octanol–water partition coefficient (Wildman–Crippen LogP) is 15.5. The number of para-hydroxylation sites is 2. The molecule has 0 N–H and O–H groups in total. The second kappa shape index (κ2) is 12.1. The van der Waals surface area contributed by atoms with E-state index >= 15 is 0 Å². The van der Waals surface area contributed by atoms with Crippen molar-refractivity contribution in [3.8, 4) is 33.6 Å². The molecule has 58 heavy (non-hydrogen) atoms. The van der Waals surface area contributed by atoms with Crippen molar-refractivity contribution in [3.05, 3.63) is 194 Å². The average molecular weight is 757 g/mol. The van der Waals surface area contributed by atoms with Crippen LogP contribution in [0.3, 0.4) is 0 Å². The Kier molecular flexibility index (Phi) is 6.60. The third-order valence-corrected chi connectivity index (χ3v) is 13.3. The van der Waals surface area contributed by atoms with Gasteiger partial charge in [0.2, 0.25) is 0 Å².